The van der Waals surface area contributed by atoms with Gasteiger partial charge in [0, 0.05) is 19.3 Å². The highest BCUT2D eigenvalue weighted by atomic mass is 16.3. The first-order valence-corrected chi connectivity index (χ1v) is 7.47. The maximum absolute atomic E-state index is 9.51. The van der Waals surface area contributed by atoms with Crippen LogP contribution in [0.15, 0.2) is 18.3 Å². The van der Waals surface area contributed by atoms with Crippen molar-refractivity contribution >= 4 is 5.82 Å². The standard InChI is InChI=1S/C16H26N2O/c1-12(2)14-5-4-9-18(10-8-14)16-7-6-15(11-17-16)13(3)19/h6-7,11-14,19H,4-5,8-10H2,1-3H3/t13-,14?/m0/s1. The highest BCUT2D eigenvalue weighted by Gasteiger charge is 2.20. The van der Waals surface area contributed by atoms with Crippen LogP contribution < -0.4 is 4.90 Å². The third kappa shape index (κ3) is 3.69. The zero-order valence-electron chi connectivity index (χ0n) is 12.3. The Morgan fingerprint density at radius 1 is 1.21 bits per heavy atom. The van der Waals surface area contributed by atoms with Crippen LogP contribution in [0.25, 0.3) is 0 Å². The third-order valence-corrected chi connectivity index (χ3v) is 4.29. The van der Waals surface area contributed by atoms with Crippen molar-refractivity contribution in [2.24, 2.45) is 11.8 Å². The van der Waals surface area contributed by atoms with Crippen molar-refractivity contribution in [1.29, 1.82) is 0 Å². The lowest BCUT2D eigenvalue weighted by atomic mass is 9.89. The molecular weight excluding hydrogens is 236 g/mol. The molecule has 0 aromatic carbocycles. The van der Waals surface area contributed by atoms with Crippen molar-refractivity contribution < 1.29 is 5.11 Å². The number of anilines is 1. The number of aliphatic hydroxyl groups is 1. The molecule has 0 spiro atoms. The number of aromatic nitrogens is 1. The van der Waals surface area contributed by atoms with E-state index in [2.05, 4.69) is 23.7 Å². The monoisotopic (exact) mass is 262 g/mol. The van der Waals surface area contributed by atoms with Gasteiger partial charge < -0.3 is 10.0 Å². The number of hydrogen-bond acceptors (Lipinski definition) is 3. The smallest absolute Gasteiger partial charge is 0.128 e. The van der Waals surface area contributed by atoms with Gasteiger partial charge in [0.2, 0.25) is 0 Å². The molecule has 1 aliphatic heterocycles. The molecule has 2 rings (SSSR count). The van der Waals surface area contributed by atoms with Crippen LogP contribution in [0.5, 0.6) is 0 Å². The van der Waals surface area contributed by atoms with Crippen molar-refractivity contribution in [3.63, 3.8) is 0 Å². The Morgan fingerprint density at radius 3 is 2.58 bits per heavy atom. The van der Waals surface area contributed by atoms with E-state index in [1.807, 2.05) is 12.1 Å². The molecule has 1 N–H and O–H groups in total. The lowest BCUT2D eigenvalue weighted by Crippen LogP contribution is -2.25. The average Bonchev–Trinajstić information content (AvgIpc) is 2.64. The minimum atomic E-state index is -0.434. The van der Waals surface area contributed by atoms with Gasteiger partial charge in [0.15, 0.2) is 0 Å². The summed E-state index contributed by atoms with van der Waals surface area (Å²) in [6, 6.07) is 4.02. The predicted molar refractivity (Wildman–Crippen MR) is 79.3 cm³/mol. The van der Waals surface area contributed by atoms with Crippen molar-refractivity contribution in [1.82, 2.24) is 4.98 Å². The van der Waals surface area contributed by atoms with Gasteiger partial charge in [0.1, 0.15) is 5.82 Å². The Hall–Kier alpha value is -1.09. The molecule has 0 bridgehead atoms. The molecule has 1 unspecified atom stereocenters. The van der Waals surface area contributed by atoms with Gasteiger partial charge in [-0.05, 0) is 49.7 Å². The van der Waals surface area contributed by atoms with Gasteiger partial charge in [-0.25, -0.2) is 4.98 Å². The maximum Gasteiger partial charge on any atom is 0.128 e. The zero-order chi connectivity index (χ0) is 13.8. The number of aliphatic hydroxyl groups excluding tert-OH is 1. The fourth-order valence-electron chi connectivity index (χ4n) is 2.85. The summed E-state index contributed by atoms with van der Waals surface area (Å²) in [5, 5.41) is 9.51. The van der Waals surface area contributed by atoms with Gasteiger partial charge in [-0.15, -0.1) is 0 Å². The number of hydrogen-bond donors (Lipinski definition) is 1. The molecule has 1 saturated heterocycles. The summed E-state index contributed by atoms with van der Waals surface area (Å²) >= 11 is 0. The Bertz CT molecular complexity index is 386. The summed E-state index contributed by atoms with van der Waals surface area (Å²) < 4.78 is 0. The Kier molecular flexibility index (Phi) is 4.81. The van der Waals surface area contributed by atoms with Crippen LogP contribution in [-0.4, -0.2) is 23.2 Å². The molecule has 3 nitrogen and oxygen atoms in total. The second kappa shape index (κ2) is 6.38. The van der Waals surface area contributed by atoms with Crippen molar-refractivity contribution in [3.05, 3.63) is 23.9 Å². The second-order valence-corrected chi connectivity index (χ2v) is 6.05. The summed E-state index contributed by atoms with van der Waals surface area (Å²) in [6.07, 6.45) is 5.21. The van der Waals surface area contributed by atoms with E-state index in [1.54, 1.807) is 13.1 Å². The van der Waals surface area contributed by atoms with Crippen molar-refractivity contribution in [2.45, 2.75) is 46.1 Å². The first-order valence-electron chi connectivity index (χ1n) is 7.47. The number of pyridine rings is 1. The molecule has 106 valence electrons. The Morgan fingerprint density at radius 2 is 2.00 bits per heavy atom. The van der Waals surface area contributed by atoms with Crippen LogP contribution in [0.1, 0.15) is 51.7 Å². The van der Waals surface area contributed by atoms with Crippen LogP contribution in [0.4, 0.5) is 5.82 Å². The van der Waals surface area contributed by atoms with Crippen LogP contribution in [0, 0.1) is 11.8 Å². The molecule has 0 amide bonds. The molecule has 19 heavy (non-hydrogen) atoms. The zero-order valence-corrected chi connectivity index (χ0v) is 12.3. The normalized spacial score (nSPS) is 22.4. The van der Waals surface area contributed by atoms with E-state index in [-0.39, 0.29) is 0 Å². The summed E-state index contributed by atoms with van der Waals surface area (Å²) in [7, 11) is 0. The molecule has 0 aliphatic carbocycles. The van der Waals surface area contributed by atoms with Gasteiger partial charge in [0.05, 0.1) is 6.10 Å². The van der Waals surface area contributed by atoms with Crippen LogP contribution in [0.2, 0.25) is 0 Å². The molecule has 3 heteroatoms. The summed E-state index contributed by atoms with van der Waals surface area (Å²) in [6.45, 7) is 8.63. The summed E-state index contributed by atoms with van der Waals surface area (Å²) in [4.78, 5) is 6.88. The van der Waals surface area contributed by atoms with Crippen molar-refractivity contribution in [3.8, 4) is 0 Å². The predicted octanol–water partition coefficient (Wildman–Crippen LogP) is 3.40. The van der Waals surface area contributed by atoms with Gasteiger partial charge in [-0.1, -0.05) is 19.9 Å². The quantitative estimate of drug-likeness (QED) is 0.907. The SMILES string of the molecule is CC(C)C1CCCN(c2ccc([C@H](C)O)cn2)CC1. The van der Waals surface area contributed by atoms with E-state index in [1.165, 1.54) is 19.3 Å². The minimum Gasteiger partial charge on any atom is -0.389 e. The topological polar surface area (TPSA) is 36.4 Å². The maximum atomic E-state index is 9.51. The number of nitrogens with zero attached hydrogens (tertiary/aromatic N) is 2. The van der Waals surface area contributed by atoms with E-state index < -0.39 is 6.10 Å². The van der Waals surface area contributed by atoms with E-state index >= 15 is 0 Å². The molecule has 2 atom stereocenters. The molecule has 0 saturated carbocycles. The lowest BCUT2D eigenvalue weighted by Gasteiger charge is -2.22. The van der Waals surface area contributed by atoms with E-state index in [4.69, 9.17) is 0 Å². The first kappa shape index (κ1) is 14.3. The largest absolute Gasteiger partial charge is 0.389 e. The van der Waals surface area contributed by atoms with Gasteiger partial charge >= 0.3 is 0 Å². The Balaban J connectivity index is 2.01. The lowest BCUT2D eigenvalue weighted by molar-refractivity contribution is 0.199. The Labute approximate surface area is 116 Å². The average molecular weight is 262 g/mol. The molecule has 1 aliphatic rings. The molecule has 0 radical (unpaired) electrons. The van der Waals surface area contributed by atoms with Crippen LogP contribution in [0.3, 0.4) is 0 Å². The third-order valence-electron chi connectivity index (χ3n) is 4.29. The molecular formula is C16H26N2O. The fraction of sp³-hybridized carbons (Fsp3) is 0.688. The number of rotatable bonds is 3. The van der Waals surface area contributed by atoms with Gasteiger partial charge in [-0.2, -0.15) is 0 Å². The molecule has 2 heterocycles. The van der Waals surface area contributed by atoms with Crippen LogP contribution >= 0.6 is 0 Å². The van der Waals surface area contributed by atoms with Gasteiger partial charge in [-0.3, -0.25) is 0 Å². The van der Waals surface area contributed by atoms with Crippen LogP contribution in [-0.2, 0) is 0 Å². The molecule has 1 fully saturated rings. The second-order valence-electron chi connectivity index (χ2n) is 6.05. The van der Waals surface area contributed by atoms with E-state index in [9.17, 15) is 5.11 Å². The van der Waals surface area contributed by atoms with Gasteiger partial charge in [0.25, 0.3) is 0 Å². The molecule has 1 aromatic rings. The first-order chi connectivity index (χ1) is 9.08. The van der Waals surface area contributed by atoms with E-state index in [0.717, 1.165) is 36.3 Å². The molecule has 1 aromatic heterocycles. The van der Waals surface area contributed by atoms with E-state index in [0.29, 0.717) is 0 Å². The fourth-order valence-corrected chi connectivity index (χ4v) is 2.85. The summed E-state index contributed by atoms with van der Waals surface area (Å²) in [5.74, 6) is 2.68. The summed E-state index contributed by atoms with van der Waals surface area (Å²) in [5.41, 5.74) is 0.888. The highest BCUT2D eigenvalue weighted by Crippen LogP contribution is 2.26. The van der Waals surface area contributed by atoms with Crippen molar-refractivity contribution in [2.75, 3.05) is 18.0 Å². The minimum absolute atomic E-state index is 0.434. The highest BCUT2D eigenvalue weighted by molar-refractivity contribution is 5.39.